The zero-order valence-corrected chi connectivity index (χ0v) is 21.9. The number of hydrogen-bond donors (Lipinski definition) is 7. The summed E-state index contributed by atoms with van der Waals surface area (Å²) in [6.07, 6.45) is 1.57. The second kappa shape index (κ2) is 15.7. The summed E-state index contributed by atoms with van der Waals surface area (Å²) in [5.74, 6) is -4.28. The normalized spacial score (nSPS) is 14.2. The Hall–Kier alpha value is -3.32. The molecule has 13 heteroatoms. The van der Waals surface area contributed by atoms with Gasteiger partial charge in [0.05, 0.1) is 6.04 Å². The molecule has 0 saturated carbocycles. The van der Waals surface area contributed by atoms with E-state index in [9.17, 15) is 34.2 Å². The molecule has 0 aliphatic carbocycles. The molecule has 0 radical (unpaired) electrons. The Balaban J connectivity index is 2.94. The first kappa shape index (κ1) is 31.7. The first-order valence-electron chi connectivity index (χ1n) is 11.7. The SMILES string of the molecule is CSCCC(NC(=O)C(NC(=O)C(N)CCC(=O)O)C(C)C)C(=O)NC(Cc1ccc(O)cc1)C(=O)O. The van der Waals surface area contributed by atoms with E-state index in [0.29, 0.717) is 11.3 Å². The van der Waals surface area contributed by atoms with E-state index in [-0.39, 0.29) is 37.4 Å². The predicted molar refractivity (Wildman–Crippen MR) is 138 cm³/mol. The van der Waals surface area contributed by atoms with E-state index >= 15 is 0 Å². The van der Waals surface area contributed by atoms with E-state index in [4.69, 9.17) is 10.8 Å². The molecule has 1 rings (SSSR count). The molecule has 3 amide bonds. The van der Waals surface area contributed by atoms with Crippen LogP contribution in [0.25, 0.3) is 0 Å². The molecule has 4 unspecified atom stereocenters. The maximum Gasteiger partial charge on any atom is 0.326 e. The van der Waals surface area contributed by atoms with Gasteiger partial charge in [0, 0.05) is 12.8 Å². The van der Waals surface area contributed by atoms with Crippen LogP contribution in [-0.4, -0.2) is 81.2 Å². The number of carbonyl (C=O) groups is 5. The summed E-state index contributed by atoms with van der Waals surface area (Å²) in [6.45, 7) is 3.37. The van der Waals surface area contributed by atoms with Gasteiger partial charge in [-0.05, 0) is 48.5 Å². The predicted octanol–water partition coefficient (Wildman–Crippen LogP) is 0.0749. The number of carboxylic acid groups (broad SMARTS) is 2. The Morgan fingerprint density at radius 2 is 1.49 bits per heavy atom. The van der Waals surface area contributed by atoms with Crippen molar-refractivity contribution in [3.8, 4) is 5.75 Å². The maximum absolute atomic E-state index is 13.0. The van der Waals surface area contributed by atoms with E-state index in [0.717, 1.165) is 0 Å². The summed E-state index contributed by atoms with van der Waals surface area (Å²) < 4.78 is 0. The highest BCUT2D eigenvalue weighted by molar-refractivity contribution is 7.98. The number of thioether (sulfide) groups is 1. The van der Waals surface area contributed by atoms with Crippen molar-refractivity contribution in [1.82, 2.24) is 16.0 Å². The van der Waals surface area contributed by atoms with Gasteiger partial charge in [0.2, 0.25) is 17.7 Å². The summed E-state index contributed by atoms with van der Waals surface area (Å²) >= 11 is 1.44. The number of nitrogens with one attached hydrogen (secondary N) is 3. The Labute approximate surface area is 219 Å². The van der Waals surface area contributed by atoms with Gasteiger partial charge in [0.25, 0.3) is 0 Å². The van der Waals surface area contributed by atoms with Crippen LogP contribution in [0, 0.1) is 5.92 Å². The molecule has 0 spiro atoms. The minimum atomic E-state index is -1.28. The van der Waals surface area contributed by atoms with Gasteiger partial charge < -0.3 is 37.0 Å². The van der Waals surface area contributed by atoms with Crippen molar-refractivity contribution >= 4 is 41.4 Å². The van der Waals surface area contributed by atoms with E-state index in [1.807, 2.05) is 6.26 Å². The lowest BCUT2D eigenvalue weighted by atomic mass is 10.0. The smallest absolute Gasteiger partial charge is 0.326 e. The van der Waals surface area contributed by atoms with Crippen LogP contribution in [0.1, 0.15) is 38.7 Å². The zero-order valence-electron chi connectivity index (χ0n) is 21.1. The van der Waals surface area contributed by atoms with Crippen LogP contribution >= 0.6 is 11.8 Å². The topological polar surface area (TPSA) is 208 Å². The molecule has 37 heavy (non-hydrogen) atoms. The molecular formula is C24H36N4O8S. The molecule has 0 bridgehead atoms. The number of phenols is 1. The van der Waals surface area contributed by atoms with Gasteiger partial charge >= 0.3 is 11.9 Å². The van der Waals surface area contributed by atoms with Crippen molar-refractivity contribution in [1.29, 1.82) is 0 Å². The number of carbonyl (C=O) groups excluding carboxylic acids is 3. The number of aromatic hydroxyl groups is 1. The van der Waals surface area contributed by atoms with Crippen molar-refractivity contribution in [3.63, 3.8) is 0 Å². The lowest BCUT2D eigenvalue weighted by Gasteiger charge is -2.27. The maximum atomic E-state index is 13.0. The Morgan fingerprint density at radius 1 is 0.892 bits per heavy atom. The number of benzene rings is 1. The van der Waals surface area contributed by atoms with Crippen molar-refractivity contribution in [2.45, 2.75) is 63.7 Å². The highest BCUT2D eigenvalue weighted by Gasteiger charge is 2.31. The molecule has 12 nitrogen and oxygen atoms in total. The fourth-order valence-corrected chi connectivity index (χ4v) is 3.78. The number of amides is 3. The van der Waals surface area contributed by atoms with Gasteiger partial charge in [-0.2, -0.15) is 11.8 Å². The van der Waals surface area contributed by atoms with Crippen LogP contribution in [-0.2, 0) is 30.4 Å². The molecule has 8 N–H and O–H groups in total. The molecule has 0 heterocycles. The molecule has 0 aliphatic rings. The average Bonchev–Trinajstić information content (AvgIpc) is 2.83. The standard InChI is InChI=1S/C24H36N4O8S/c1-13(2)20(28-21(32)16(25)8-9-19(30)31)23(34)26-17(10-11-37-3)22(33)27-18(24(35)36)12-14-4-6-15(29)7-5-14/h4-7,13,16-18,20,29H,8-12,25H2,1-3H3,(H,26,34)(H,27,33)(H,28,32)(H,30,31)(H,35,36). The summed E-state index contributed by atoms with van der Waals surface area (Å²) in [4.78, 5) is 61.0. The number of rotatable bonds is 16. The fraction of sp³-hybridized carbons (Fsp3) is 0.542. The molecular weight excluding hydrogens is 504 g/mol. The highest BCUT2D eigenvalue weighted by Crippen LogP contribution is 2.12. The van der Waals surface area contributed by atoms with Crippen LogP contribution in [0.3, 0.4) is 0 Å². The molecule has 206 valence electrons. The zero-order chi connectivity index (χ0) is 28.1. The van der Waals surface area contributed by atoms with Crippen LogP contribution < -0.4 is 21.7 Å². The molecule has 1 aromatic rings. The van der Waals surface area contributed by atoms with Crippen LogP contribution in [0.4, 0.5) is 0 Å². The monoisotopic (exact) mass is 540 g/mol. The van der Waals surface area contributed by atoms with Crippen molar-refractivity contribution in [2.75, 3.05) is 12.0 Å². The average molecular weight is 541 g/mol. The second-order valence-corrected chi connectivity index (χ2v) is 9.87. The molecule has 0 aromatic heterocycles. The molecule has 4 atom stereocenters. The Kier molecular flexibility index (Phi) is 13.5. The first-order valence-corrected chi connectivity index (χ1v) is 13.1. The van der Waals surface area contributed by atoms with E-state index in [1.54, 1.807) is 26.0 Å². The fourth-order valence-electron chi connectivity index (χ4n) is 3.31. The Bertz CT molecular complexity index is 941. The minimum absolute atomic E-state index is 0.0224. The third-order valence-corrected chi connectivity index (χ3v) is 6.13. The number of hydrogen-bond acceptors (Lipinski definition) is 8. The molecule has 0 fully saturated rings. The van der Waals surface area contributed by atoms with Crippen molar-refractivity contribution in [2.24, 2.45) is 11.7 Å². The summed E-state index contributed by atoms with van der Waals surface area (Å²) in [5, 5.41) is 35.4. The lowest BCUT2D eigenvalue weighted by molar-refractivity contribution is -0.142. The van der Waals surface area contributed by atoms with Gasteiger partial charge in [-0.3, -0.25) is 19.2 Å². The number of nitrogens with two attached hydrogens (primary N) is 1. The quantitative estimate of drug-likeness (QED) is 0.150. The number of aliphatic carboxylic acids is 2. The summed E-state index contributed by atoms with van der Waals surface area (Å²) in [7, 11) is 0. The van der Waals surface area contributed by atoms with Gasteiger partial charge in [-0.25, -0.2) is 4.79 Å². The molecule has 1 aromatic carbocycles. The third kappa shape index (κ3) is 11.5. The van der Waals surface area contributed by atoms with E-state index in [1.165, 1.54) is 23.9 Å². The van der Waals surface area contributed by atoms with Gasteiger partial charge in [0.15, 0.2) is 0 Å². The second-order valence-electron chi connectivity index (χ2n) is 8.88. The molecule has 0 aliphatic heterocycles. The third-order valence-electron chi connectivity index (χ3n) is 5.49. The van der Waals surface area contributed by atoms with Crippen molar-refractivity contribution < 1.29 is 39.3 Å². The van der Waals surface area contributed by atoms with Crippen molar-refractivity contribution in [3.05, 3.63) is 29.8 Å². The Morgan fingerprint density at radius 3 is 2.00 bits per heavy atom. The van der Waals surface area contributed by atoms with Crippen LogP contribution in [0.5, 0.6) is 5.75 Å². The van der Waals surface area contributed by atoms with Crippen LogP contribution in [0.15, 0.2) is 24.3 Å². The van der Waals surface area contributed by atoms with Gasteiger partial charge in [-0.15, -0.1) is 0 Å². The molecule has 0 saturated heterocycles. The summed E-state index contributed by atoms with van der Waals surface area (Å²) in [5.41, 5.74) is 6.32. The first-order chi connectivity index (χ1) is 17.3. The summed E-state index contributed by atoms with van der Waals surface area (Å²) in [6, 6.07) is 1.37. The van der Waals surface area contributed by atoms with Gasteiger partial charge in [0.1, 0.15) is 23.9 Å². The largest absolute Gasteiger partial charge is 0.508 e. The number of phenolic OH excluding ortho intramolecular Hbond substituents is 1. The number of carboxylic acids is 2. The van der Waals surface area contributed by atoms with E-state index < -0.39 is 53.8 Å². The minimum Gasteiger partial charge on any atom is -0.508 e. The highest BCUT2D eigenvalue weighted by atomic mass is 32.2. The van der Waals surface area contributed by atoms with E-state index in [2.05, 4.69) is 16.0 Å². The van der Waals surface area contributed by atoms with Gasteiger partial charge in [-0.1, -0.05) is 26.0 Å². The lowest BCUT2D eigenvalue weighted by Crippen LogP contribution is -2.58. The van der Waals surface area contributed by atoms with Crippen LogP contribution in [0.2, 0.25) is 0 Å².